The third-order valence-electron chi connectivity index (χ3n) is 2.29. The quantitative estimate of drug-likeness (QED) is 0.874. The molecule has 0 aliphatic carbocycles. The van der Waals surface area contributed by atoms with Gasteiger partial charge >= 0.3 is 5.97 Å². The number of aromatic carboxylic acids is 1. The van der Waals surface area contributed by atoms with Gasteiger partial charge in [0.15, 0.2) is 5.76 Å². The zero-order valence-electron chi connectivity index (χ0n) is 8.70. The second kappa shape index (κ2) is 3.97. The van der Waals surface area contributed by atoms with Crippen LogP contribution in [0.4, 0.5) is 8.78 Å². The van der Waals surface area contributed by atoms with Gasteiger partial charge in [-0.2, -0.15) is 0 Å². The molecule has 0 aliphatic heterocycles. The average Bonchev–Trinajstić information content (AvgIpc) is 2.72. The van der Waals surface area contributed by atoms with Gasteiger partial charge in [-0.25, -0.2) is 13.6 Å². The first-order chi connectivity index (χ1) is 8.00. The predicted molar refractivity (Wildman–Crippen MR) is 53.6 cm³/mol. The predicted octanol–water partition coefficient (Wildman–Crippen LogP) is 2.63. The van der Waals surface area contributed by atoms with E-state index in [0.717, 1.165) is 18.3 Å². The van der Waals surface area contributed by atoms with E-state index >= 15 is 0 Å². The lowest BCUT2D eigenvalue weighted by Crippen LogP contribution is -1.98. The summed E-state index contributed by atoms with van der Waals surface area (Å²) in [6, 6.07) is 1.86. The Bertz CT molecular complexity index is 592. The van der Waals surface area contributed by atoms with Crippen molar-refractivity contribution in [3.05, 3.63) is 41.1 Å². The molecule has 6 heteroatoms. The Labute approximate surface area is 94.5 Å². The molecule has 88 valence electrons. The highest BCUT2D eigenvalue weighted by Gasteiger charge is 2.21. The summed E-state index contributed by atoms with van der Waals surface area (Å²) >= 11 is 0. The van der Waals surface area contributed by atoms with Gasteiger partial charge in [0.2, 0.25) is 0 Å². The van der Waals surface area contributed by atoms with Crippen molar-refractivity contribution in [2.75, 3.05) is 0 Å². The molecule has 0 fully saturated rings. The van der Waals surface area contributed by atoms with E-state index in [1.807, 2.05) is 0 Å². The fourth-order valence-corrected chi connectivity index (χ4v) is 1.41. The van der Waals surface area contributed by atoms with E-state index in [9.17, 15) is 13.6 Å². The third-order valence-corrected chi connectivity index (χ3v) is 2.29. The monoisotopic (exact) mass is 239 g/mol. The van der Waals surface area contributed by atoms with Crippen molar-refractivity contribution in [2.45, 2.75) is 6.92 Å². The lowest BCUT2D eigenvalue weighted by atomic mass is 10.1. The highest BCUT2D eigenvalue weighted by Crippen LogP contribution is 2.28. The van der Waals surface area contributed by atoms with E-state index in [1.54, 1.807) is 0 Å². The molecule has 2 aromatic rings. The van der Waals surface area contributed by atoms with Crippen molar-refractivity contribution in [3.63, 3.8) is 0 Å². The Kier molecular flexibility index (Phi) is 2.63. The molecule has 0 amide bonds. The number of hydrogen-bond acceptors (Lipinski definition) is 3. The first-order valence-corrected chi connectivity index (χ1v) is 4.64. The van der Waals surface area contributed by atoms with Gasteiger partial charge in [0.05, 0.1) is 11.8 Å². The summed E-state index contributed by atoms with van der Waals surface area (Å²) in [4.78, 5) is 10.8. The molecule has 1 heterocycles. The molecule has 0 saturated heterocycles. The SMILES string of the molecule is Cc1cc(F)c(-c2oncc2C(=O)O)cc1F. The van der Waals surface area contributed by atoms with E-state index in [0.29, 0.717) is 0 Å². The number of carboxylic acids is 1. The van der Waals surface area contributed by atoms with Crippen molar-refractivity contribution < 1.29 is 23.2 Å². The standard InChI is InChI=1S/C11H7F2NO3/c1-5-2-9(13)6(3-8(5)12)10-7(11(15)16)4-14-17-10/h2-4H,1H3,(H,15,16). The van der Waals surface area contributed by atoms with E-state index in [1.165, 1.54) is 6.92 Å². The van der Waals surface area contributed by atoms with Gasteiger partial charge < -0.3 is 9.63 Å². The molecule has 0 radical (unpaired) electrons. The zero-order chi connectivity index (χ0) is 12.6. The van der Waals surface area contributed by atoms with Crippen LogP contribution in [-0.2, 0) is 0 Å². The smallest absolute Gasteiger partial charge is 0.341 e. The number of carbonyl (C=O) groups is 1. The number of nitrogens with zero attached hydrogens (tertiary/aromatic N) is 1. The Morgan fingerprint density at radius 1 is 1.35 bits per heavy atom. The van der Waals surface area contributed by atoms with Gasteiger partial charge in [0, 0.05) is 0 Å². The molecule has 0 atom stereocenters. The lowest BCUT2D eigenvalue weighted by Gasteiger charge is -2.03. The van der Waals surface area contributed by atoms with Gasteiger partial charge in [0.25, 0.3) is 0 Å². The van der Waals surface area contributed by atoms with Gasteiger partial charge in [0.1, 0.15) is 17.2 Å². The first-order valence-electron chi connectivity index (χ1n) is 4.64. The molecular formula is C11H7F2NO3. The number of benzene rings is 1. The zero-order valence-corrected chi connectivity index (χ0v) is 8.70. The van der Waals surface area contributed by atoms with Crippen LogP contribution in [0.2, 0.25) is 0 Å². The molecule has 17 heavy (non-hydrogen) atoms. The molecule has 1 aromatic carbocycles. The van der Waals surface area contributed by atoms with Crippen molar-refractivity contribution in [2.24, 2.45) is 0 Å². The van der Waals surface area contributed by atoms with Gasteiger partial charge in [-0.1, -0.05) is 5.16 Å². The molecule has 1 aromatic heterocycles. The Balaban J connectivity index is 2.64. The minimum absolute atomic E-state index is 0.127. The van der Waals surface area contributed by atoms with Crippen LogP contribution in [0.25, 0.3) is 11.3 Å². The number of halogens is 2. The molecule has 0 unspecified atom stereocenters. The number of aromatic nitrogens is 1. The summed E-state index contributed by atoms with van der Waals surface area (Å²) in [6.07, 6.45) is 0.939. The van der Waals surface area contributed by atoms with E-state index in [-0.39, 0.29) is 22.5 Å². The molecule has 0 bridgehead atoms. The normalized spacial score (nSPS) is 10.5. The molecular weight excluding hydrogens is 232 g/mol. The van der Waals surface area contributed by atoms with Crippen LogP contribution in [0.3, 0.4) is 0 Å². The number of rotatable bonds is 2. The Morgan fingerprint density at radius 2 is 2.06 bits per heavy atom. The molecule has 0 saturated carbocycles. The van der Waals surface area contributed by atoms with Crippen LogP contribution in [0, 0.1) is 18.6 Å². The van der Waals surface area contributed by atoms with Gasteiger partial charge in [-0.05, 0) is 24.6 Å². The van der Waals surface area contributed by atoms with E-state index in [4.69, 9.17) is 5.11 Å². The van der Waals surface area contributed by atoms with E-state index in [2.05, 4.69) is 9.68 Å². The van der Waals surface area contributed by atoms with Crippen molar-refractivity contribution in [3.8, 4) is 11.3 Å². The fourth-order valence-electron chi connectivity index (χ4n) is 1.41. The second-order valence-electron chi connectivity index (χ2n) is 3.45. The van der Waals surface area contributed by atoms with Crippen molar-refractivity contribution in [1.29, 1.82) is 0 Å². The molecule has 0 aliphatic rings. The highest BCUT2D eigenvalue weighted by atomic mass is 19.1. The highest BCUT2D eigenvalue weighted by molar-refractivity contribution is 5.93. The van der Waals surface area contributed by atoms with E-state index < -0.39 is 17.6 Å². The lowest BCUT2D eigenvalue weighted by molar-refractivity contribution is 0.0697. The largest absolute Gasteiger partial charge is 0.477 e. The minimum atomic E-state index is -1.32. The van der Waals surface area contributed by atoms with Crippen LogP contribution in [0.5, 0.6) is 0 Å². The van der Waals surface area contributed by atoms with Crippen molar-refractivity contribution in [1.82, 2.24) is 5.16 Å². The number of carboxylic acid groups (broad SMARTS) is 1. The third kappa shape index (κ3) is 1.89. The Morgan fingerprint density at radius 3 is 2.71 bits per heavy atom. The van der Waals surface area contributed by atoms with Gasteiger partial charge in [-0.15, -0.1) is 0 Å². The van der Waals surface area contributed by atoms with Crippen LogP contribution in [0.15, 0.2) is 22.9 Å². The summed E-state index contributed by atoms with van der Waals surface area (Å²) in [5, 5.41) is 12.1. The average molecular weight is 239 g/mol. The molecule has 4 nitrogen and oxygen atoms in total. The fraction of sp³-hybridized carbons (Fsp3) is 0.0909. The topological polar surface area (TPSA) is 63.3 Å². The number of aryl methyl sites for hydroxylation is 1. The van der Waals surface area contributed by atoms with Crippen LogP contribution < -0.4 is 0 Å². The summed E-state index contributed by atoms with van der Waals surface area (Å²) in [6.45, 7) is 1.40. The summed E-state index contributed by atoms with van der Waals surface area (Å²) in [7, 11) is 0. The van der Waals surface area contributed by atoms with Crippen LogP contribution >= 0.6 is 0 Å². The first kappa shape index (κ1) is 11.3. The maximum Gasteiger partial charge on any atom is 0.341 e. The number of hydrogen-bond donors (Lipinski definition) is 1. The summed E-state index contributed by atoms with van der Waals surface area (Å²) < 4.78 is 31.5. The molecule has 1 N–H and O–H groups in total. The molecule has 2 rings (SSSR count). The molecule has 0 spiro atoms. The minimum Gasteiger partial charge on any atom is -0.477 e. The maximum absolute atomic E-state index is 13.6. The Hall–Kier alpha value is -2.24. The van der Waals surface area contributed by atoms with Crippen LogP contribution in [-0.4, -0.2) is 16.2 Å². The summed E-state index contributed by atoms with van der Waals surface area (Å²) in [5.41, 5.74) is -0.446. The van der Waals surface area contributed by atoms with Gasteiger partial charge in [-0.3, -0.25) is 0 Å². The maximum atomic E-state index is 13.6. The second-order valence-corrected chi connectivity index (χ2v) is 3.45. The van der Waals surface area contributed by atoms with Crippen LogP contribution in [0.1, 0.15) is 15.9 Å². The summed E-state index contributed by atoms with van der Waals surface area (Å²) in [5.74, 6) is -3.02. The van der Waals surface area contributed by atoms with Crippen molar-refractivity contribution >= 4 is 5.97 Å².